The first-order valence-corrected chi connectivity index (χ1v) is 13.7. The first kappa shape index (κ1) is 27.1. The summed E-state index contributed by atoms with van der Waals surface area (Å²) in [7, 11) is 0. The lowest BCUT2D eigenvalue weighted by Gasteiger charge is -2.26. The highest BCUT2D eigenvalue weighted by atomic mass is 16.5. The second kappa shape index (κ2) is 10.6. The van der Waals surface area contributed by atoms with Crippen LogP contribution in [0.1, 0.15) is 63.0 Å². The molecule has 0 radical (unpaired) electrons. The van der Waals surface area contributed by atoms with Crippen molar-refractivity contribution in [2.45, 2.75) is 52.4 Å². The second-order valence-corrected chi connectivity index (χ2v) is 12.2. The molecule has 0 amide bonds. The number of nitrogens with zero attached hydrogens (tertiary/aromatic N) is 1. The van der Waals surface area contributed by atoms with Crippen LogP contribution >= 0.6 is 0 Å². The summed E-state index contributed by atoms with van der Waals surface area (Å²) in [5, 5.41) is 0. The topological polar surface area (TPSA) is 55.0 Å². The largest absolute Gasteiger partial charge is 0.423 e. The zero-order chi connectivity index (χ0) is 28.5. The number of nitrogens with one attached hydrogen (secondary N) is 1. The molecule has 1 aromatic heterocycles. The molecule has 202 valence electrons. The molecule has 4 nitrogen and oxygen atoms in total. The summed E-state index contributed by atoms with van der Waals surface area (Å²) >= 11 is 0. The third-order valence-electron chi connectivity index (χ3n) is 7.04. The zero-order valence-electron chi connectivity index (χ0n) is 24.1. The van der Waals surface area contributed by atoms with E-state index in [1.807, 2.05) is 66.7 Å². The lowest BCUT2D eigenvalue weighted by molar-refractivity contribution is 0.0732. The van der Waals surface area contributed by atoms with Gasteiger partial charge in [0.05, 0.1) is 17.0 Å². The standard InChI is InChI=1S/C36H36N2O2/c1-35(2,3)28-20-21-30(29(23-28)36(4,5)6)40-34(39)27-19-13-18-26(22-27)33-37-31(24-14-9-7-10-15-24)32(38-33)25-16-11-8-12-17-25/h7-23H,1-6H3,(H,37,38). The highest BCUT2D eigenvalue weighted by Crippen LogP contribution is 2.36. The Morgan fingerprint density at radius 2 is 1.30 bits per heavy atom. The molecule has 0 aliphatic heterocycles. The number of hydrogen-bond acceptors (Lipinski definition) is 3. The molecule has 1 N–H and O–H groups in total. The van der Waals surface area contributed by atoms with Gasteiger partial charge in [-0.15, -0.1) is 0 Å². The van der Waals surface area contributed by atoms with Crippen LogP contribution in [0.4, 0.5) is 0 Å². The number of ether oxygens (including phenoxy) is 1. The van der Waals surface area contributed by atoms with Crippen molar-refractivity contribution in [2.75, 3.05) is 0 Å². The first-order valence-electron chi connectivity index (χ1n) is 13.7. The molecule has 0 saturated carbocycles. The number of carbonyl (C=O) groups excluding carboxylic acids is 1. The Kier molecular flexibility index (Phi) is 7.20. The van der Waals surface area contributed by atoms with Crippen LogP contribution in [0.5, 0.6) is 5.75 Å². The molecule has 5 aromatic rings. The summed E-state index contributed by atoms with van der Waals surface area (Å²) in [5.74, 6) is 0.887. The van der Waals surface area contributed by atoms with Crippen molar-refractivity contribution in [2.24, 2.45) is 0 Å². The fourth-order valence-electron chi connectivity index (χ4n) is 4.75. The van der Waals surface area contributed by atoms with Gasteiger partial charge in [0.25, 0.3) is 0 Å². The van der Waals surface area contributed by atoms with Gasteiger partial charge in [-0.1, -0.05) is 126 Å². The van der Waals surface area contributed by atoms with Gasteiger partial charge in [-0.05, 0) is 34.6 Å². The van der Waals surface area contributed by atoms with Crippen molar-refractivity contribution in [3.63, 3.8) is 0 Å². The summed E-state index contributed by atoms with van der Waals surface area (Å²) in [6, 6.07) is 33.9. The van der Waals surface area contributed by atoms with E-state index in [1.54, 1.807) is 6.07 Å². The molecule has 1 heterocycles. The number of carbonyl (C=O) groups is 1. The smallest absolute Gasteiger partial charge is 0.343 e. The van der Waals surface area contributed by atoms with Crippen LogP contribution in [0, 0.1) is 0 Å². The van der Waals surface area contributed by atoms with Gasteiger partial charge >= 0.3 is 5.97 Å². The zero-order valence-corrected chi connectivity index (χ0v) is 24.1. The number of aromatic amines is 1. The van der Waals surface area contributed by atoms with Crippen molar-refractivity contribution >= 4 is 5.97 Å². The monoisotopic (exact) mass is 528 g/mol. The van der Waals surface area contributed by atoms with Crippen molar-refractivity contribution < 1.29 is 9.53 Å². The summed E-state index contributed by atoms with van der Waals surface area (Å²) in [4.78, 5) is 21.9. The lowest BCUT2D eigenvalue weighted by Crippen LogP contribution is -2.19. The molecule has 0 saturated heterocycles. The summed E-state index contributed by atoms with van der Waals surface area (Å²) in [6.45, 7) is 13.0. The highest BCUT2D eigenvalue weighted by Gasteiger charge is 2.25. The highest BCUT2D eigenvalue weighted by molar-refractivity contribution is 5.93. The van der Waals surface area contributed by atoms with Crippen LogP contribution in [0.3, 0.4) is 0 Å². The SMILES string of the molecule is CC(C)(C)c1ccc(OC(=O)c2cccc(-c3nc(-c4ccccc4)c(-c4ccccc4)[nH]3)c2)c(C(C)(C)C)c1. The van der Waals surface area contributed by atoms with Crippen molar-refractivity contribution in [3.05, 3.63) is 120 Å². The molecule has 4 aromatic carbocycles. The average Bonchev–Trinajstić information content (AvgIpc) is 3.39. The van der Waals surface area contributed by atoms with Gasteiger partial charge in [-0.25, -0.2) is 9.78 Å². The number of esters is 1. The van der Waals surface area contributed by atoms with Crippen LogP contribution in [-0.4, -0.2) is 15.9 Å². The number of H-pyrrole nitrogens is 1. The van der Waals surface area contributed by atoms with E-state index in [4.69, 9.17) is 9.72 Å². The fourth-order valence-corrected chi connectivity index (χ4v) is 4.75. The predicted octanol–water partition coefficient (Wildman–Crippen LogP) is 9.22. The van der Waals surface area contributed by atoms with Crippen molar-refractivity contribution in [3.8, 4) is 39.7 Å². The van der Waals surface area contributed by atoms with E-state index in [2.05, 4.69) is 76.9 Å². The number of benzene rings is 4. The van der Waals surface area contributed by atoms with Crippen LogP contribution in [0.25, 0.3) is 33.9 Å². The minimum Gasteiger partial charge on any atom is -0.423 e. The van der Waals surface area contributed by atoms with Gasteiger partial charge in [0.2, 0.25) is 0 Å². The number of rotatable bonds is 5. The van der Waals surface area contributed by atoms with E-state index < -0.39 is 5.97 Å². The van der Waals surface area contributed by atoms with Gasteiger partial charge in [-0.2, -0.15) is 0 Å². The molecule has 5 rings (SSSR count). The van der Waals surface area contributed by atoms with E-state index in [1.165, 1.54) is 5.56 Å². The third kappa shape index (κ3) is 5.76. The minimum absolute atomic E-state index is 0.00286. The molecule has 0 fully saturated rings. The first-order chi connectivity index (χ1) is 19.0. The molecule has 0 aliphatic carbocycles. The quantitative estimate of drug-likeness (QED) is 0.183. The number of imidazole rings is 1. The molecule has 0 bridgehead atoms. The van der Waals surface area contributed by atoms with Gasteiger partial charge < -0.3 is 9.72 Å². The summed E-state index contributed by atoms with van der Waals surface area (Å²) in [5.41, 5.74) is 7.18. The van der Waals surface area contributed by atoms with E-state index in [9.17, 15) is 4.79 Å². The molecule has 0 atom stereocenters. The summed E-state index contributed by atoms with van der Waals surface area (Å²) in [6.07, 6.45) is 0. The molecule has 0 unspecified atom stereocenters. The maximum atomic E-state index is 13.4. The average molecular weight is 529 g/mol. The van der Waals surface area contributed by atoms with Crippen LogP contribution in [0.15, 0.2) is 103 Å². The Balaban J connectivity index is 1.50. The molecule has 0 aliphatic rings. The predicted molar refractivity (Wildman–Crippen MR) is 164 cm³/mol. The number of aromatic nitrogens is 2. The molecule has 4 heteroatoms. The second-order valence-electron chi connectivity index (χ2n) is 12.2. The maximum Gasteiger partial charge on any atom is 0.343 e. The van der Waals surface area contributed by atoms with Crippen LogP contribution < -0.4 is 4.74 Å². The van der Waals surface area contributed by atoms with E-state index in [0.29, 0.717) is 17.1 Å². The van der Waals surface area contributed by atoms with Crippen molar-refractivity contribution in [1.82, 2.24) is 9.97 Å². The van der Waals surface area contributed by atoms with Gasteiger partial charge in [0.15, 0.2) is 0 Å². The molecular formula is C36H36N2O2. The molecule has 0 spiro atoms. The summed E-state index contributed by atoms with van der Waals surface area (Å²) < 4.78 is 6.01. The van der Waals surface area contributed by atoms with Gasteiger partial charge in [0, 0.05) is 22.3 Å². The Morgan fingerprint density at radius 3 is 1.93 bits per heavy atom. The number of hydrogen-bond donors (Lipinski definition) is 1. The molecule has 40 heavy (non-hydrogen) atoms. The minimum atomic E-state index is -0.394. The lowest BCUT2D eigenvalue weighted by atomic mass is 9.80. The normalized spacial score (nSPS) is 11.8. The third-order valence-corrected chi connectivity index (χ3v) is 7.04. The van der Waals surface area contributed by atoms with Gasteiger partial charge in [0.1, 0.15) is 11.6 Å². The maximum absolute atomic E-state index is 13.4. The van der Waals surface area contributed by atoms with E-state index >= 15 is 0 Å². The Bertz CT molecular complexity index is 1580. The molecular weight excluding hydrogens is 492 g/mol. The van der Waals surface area contributed by atoms with E-state index in [-0.39, 0.29) is 10.8 Å². The Hall–Kier alpha value is -4.44. The van der Waals surface area contributed by atoms with E-state index in [0.717, 1.165) is 33.6 Å². The Labute approximate surface area is 237 Å². The van der Waals surface area contributed by atoms with Crippen LogP contribution in [-0.2, 0) is 10.8 Å². The van der Waals surface area contributed by atoms with Gasteiger partial charge in [-0.3, -0.25) is 0 Å². The Morgan fingerprint density at radius 1 is 0.675 bits per heavy atom. The van der Waals surface area contributed by atoms with Crippen LogP contribution in [0.2, 0.25) is 0 Å². The van der Waals surface area contributed by atoms with Crippen molar-refractivity contribution in [1.29, 1.82) is 0 Å². The fraction of sp³-hybridized carbons (Fsp3) is 0.222.